The molecule has 2 aromatic rings. The summed E-state index contributed by atoms with van der Waals surface area (Å²) in [4.78, 5) is 1.45. The van der Waals surface area contributed by atoms with Gasteiger partial charge in [0.25, 0.3) is 0 Å². The van der Waals surface area contributed by atoms with Crippen LogP contribution in [0, 0.1) is 0 Å². The highest BCUT2D eigenvalue weighted by Gasteiger charge is 2.16. The van der Waals surface area contributed by atoms with Crippen molar-refractivity contribution in [3.8, 4) is 5.75 Å². The first-order valence-electron chi connectivity index (χ1n) is 7.53. The Morgan fingerprint density at radius 1 is 1.18 bits per heavy atom. The molecule has 3 nitrogen and oxygen atoms in total. The molecule has 0 aliphatic rings. The Morgan fingerprint density at radius 3 is 2.55 bits per heavy atom. The molecule has 0 amide bonds. The highest BCUT2D eigenvalue weighted by Crippen LogP contribution is 2.29. The second-order valence-corrected chi connectivity index (χ2v) is 6.61. The molecule has 0 radical (unpaired) electrons. The number of aryl methyl sites for hydroxylation is 1. The molecule has 0 saturated heterocycles. The van der Waals surface area contributed by atoms with Gasteiger partial charge in [-0.1, -0.05) is 31.2 Å². The Bertz CT molecular complexity index is 625. The molecule has 2 aromatic carbocycles. The van der Waals surface area contributed by atoms with Gasteiger partial charge in [0, 0.05) is 17.9 Å². The minimum absolute atomic E-state index is 0.0747. The van der Waals surface area contributed by atoms with Crippen LogP contribution in [0.3, 0.4) is 0 Å². The van der Waals surface area contributed by atoms with E-state index in [-0.39, 0.29) is 12.7 Å². The Kier molecular flexibility index (Phi) is 6.16. The molecule has 0 aliphatic heterocycles. The molecule has 1 N–H and O–H groups in total. The van der Waals surface area contributed by atoms with Gasteiger partial charge in [0.05, 0.1) is 21.8 Å². The summed E-state index contributed by atoms with van der Waals surface area (Å²) in [5, 5.41) is 9.01. The molecule has 0 saturated carbocycles. The number of hydrogen-bond acceptors (Lipinski definition) is 3. The molecule has 2 rings (SSSR count). The van der Waals surface area contributed by atoms with Gasteiger partial charge >= 0.3 is 0 Å². The number of aliphatic hydroxyl groups excluding tert-OH is 1. The van der Waals surface area contributed by atoms with E-state index in [4.69, 9.17) is 9.84 Å². The normalized spacial score (nSPS) is 13.6. The van der Waals surface area contributed by atoms with Crippen molar-refractivity contribution in [2.45, 2.75) is 42.6 Å². The fourth-order valence-electron chi connectivity index (χ4n) is 2.14. The lowest BCUT2D eigenvalue weighted by molar-refractivity contribution is 0.165. The molecule has 0 bridgehead atoms. The van der Waals surface area contributed by atoms with Gasteiger partial charge in [0.15, 0.2) is 0 Å². The van der Waals surface area contributed by atoms with Crippen LogP contribution in [0.5, 0.6) is 5.75 Å². The molecule has 0 heterocycles. The van der Waals surface area contributed by atoms with Crippen molar-refractivity contribution in [1.82, 2.24) is 0 Å². The van der Waals surface area contributed by atoms with E-state index in [9.17, 15) is 4.21 Å². The standard InChI is InChI=1S/C18H22O3S/c1-3-15-9-10-17(21-14(2)11-12-19)18(13-15)22(20)16-7-5-4-6-8-16/h4-10,13-14,19H,3,11-12H2,1-2H3/t14-,22+/m0/s1. The van der Waals surface area contributed by atoms with Crippen LogP contribution in [0.4, 0.5) is 0 Å². The van der Waals surface area contributed by atoms with E-state index in [1.807, 2.05) is 55.5 Å². The van der Waals surface area contributed by atoms with Crippen LogP contribution in [-0.4, -0.2) is 22.0 Å². The van der Waals surface area contributed by atoms with Crippen molar-refractivity contribution in [1.29, 1.82) is 0 Å². The van der Waals surface area contributed by atoms with Crippen LogP contribution in [0.1, 0.15) is 25.8 Å². The van der Waals surface area contributed by atoms with Crippen molar-refractivity contribution < 1.29 is 14.1 Å². The molecular formula is C18H22O3S. The molecule has 118 valence electrons. The second kappa shape index (κ2) is 8.11. The Labute approximate surface area is 134 Å². The Balaban J connectivity index is 2.36. The summed E-state index contributed by atoms with van der Waals surface area (Å²) >= 11 is 0. The SMILES string of the molecule is CCc1ccc(O[C@@H](C)CCO)c([S@](=O)c2ccccc2)c1. The monoisotopic (exact) mass is 318 g/mol. The third-order valence-electron chi connectivity index (χ3n) is 3.44. The lowest BCUT2D eigenvalue weighted by atomic mass is 10.1. The van der Waals surface area contributed by atoms with Gasteiger partial charge in [-0.2, -0.15) is 0 Å². The first-order chi connectivity index (χ1) is 10.7. The van der Waals surface area contributed by atoms with E-state index in [0.717, 1.165) is 16.9 Å². The number of benzene rings is 2. The van der Waals surface area contributed by atoms with E-state index in [1.54, 1.807) is 0 Å². The topological polar surface area (TPSA) is 46.5 Å². The van der Waals surface area contributed by atoms with Crippen molar-refractivity contribution in [3.05, 3.63) is 54.1 Å². The van der Waals surface area contributed by atoms with E-state index in [1.165, 1.54) is 0 Å². The average Bonchev–Trinajstić information content (AvgIpc) is 2.55. The highest BCUT2D eigenvalue weighted by molar-refractivity contribution is 7.85. The van der Waals surface area contributed by atoms with Gasteiger partial charge in [-0.05, 0) is 43.2 Å². The molecule has 0 aromatic heterocycles. The summed E-state index contributed by atoms with van der Waals surface area (Å²) in [5.41, 5.74) is 1.13. The molecule has 0 spiro atoms. The maximum Gasteiger partial charge on any atom is 0.136 e. The lowest BCUT2D eigenvalue weighted by Crippen LogP contribution is -2.14. The molecule has 2 atom stereocenters. The third kappa shape index (κ3) is 4.18. The number of hydrogen-bond donors (Lipinski definition) is 1. The predicted octanol–water partition coefficient (Wildman–Crippen LogP) is 3.57. The molecule has 0 fully saturated rings. The highest BCUT2D eigenvalue weighted by atomic mass is 32.2. The molecule has 4 heteroatoms. The van der Waals surface area contributed by atoms with Crippen molar-refractivity contribution in [3.63, 3.8) is 0 Å². The summed E-state index contributed by atoms with van der Waals surface area (Å²) < 4.78 is 18.7. The van der Waals surface area contributed by atoms with Crippen molar-refractivity contribution >= 4 is 10.8 Å². The van der Waals surface area contributed by atoms with E-state index in [0.29, 0.717) is 17.1 Å². The zero-order valence-electron chi connectivity index (χ0n) is 13.0. The van der Waals surface area contributed by atoms with Crippen LogP contribution < -0.4 is 4.74 Å². The summed E-state index contributed by atoms with van der Waals surface area (Å²) in [6, 6.07) is 15.2. The fraction of sp³-hybridized carbons (Fsp3) is 0.333. The molecule has 0 unspecified atom stereocenters. The minimum atomic E-state index is -1.28. The quantitative estimate of drug-likeness (QED) is 0.849. The third-order valence-corrected chi connectivity index (χ3v) is 4.86. The van der Waals surface area contributed by atoms with Gasteiger partial charge < -0.3 is 9.84 Å². The zero-order chi connectivity index (χ0) is 15.9. The van der Waals surface area contributed by atoms with Gasteiger partial charge in [-0.3, -0.25) is 0 Å². The summed E-state index contributed by atoms with van der Waals surface area (Å²) in [7, 11) is -1.28. The summed E-state index contributed by atoms with van der Waals surface area (Å²) in [6.07, 6.45) is 1.31. The van der Waals surface area contributed by atoms with E-state index < -0.39 is 10.8 Å². The molecule has 0 aliphatic carbocycles. The summed E-state index contributed by atoms with van der Waals surface area (Å²) in [6.45, 7) is 4.05. The van der Waals surface area contributed by atoms with Gasteiger partial charge in [-0.25, -0.2) is 4.21 Å². The first kappa shape index (κ1) is 16.7. The maximum absolute atomic E-state index is 12.9. The van der Waals surface area contributed by atoms with Crippen LogP contribution in [-0.2, 0) is 17.2 Å². The van der Waals surface area contributed by atoms with Crippen molar-refractivity contribution in [2.75, 3.05) is 6.61 Å². The smallest absolute Gasteiger partial charge is 0.136 e. The van der Waals surface area contributed by atoms with Crippen molar-refractivity contribution in [2.24, 2.45) is 0 Å². The fourth-order valence-corrected chi connectivity index (χ4v) is 3.36. The number of rotatable bonds is 7. The van der Waals surface area contributed by atoms with E-state index >= 15 is 0 Å². The minimum Gasteiger partial charge on any atom is -0.489 e. The van der Waals surface area contributed by atoms with E-state index in [2.05, 4.69) is 6.92 Å². The zero-order valence-corrected chi connectivity index (χ0v) is 13.8. The average molecular weight is 318 g/mol. The lowest BCUT2D eigenvalue weighted by Gasteiger charge is -2.17. The Morgan fingerprint density at radius 2 is 1.91 bits per heavy atom. The molecule has 22 heavy (non-hydrogen) atoms. The summed E-state index contributed by atoms with van der Waals surface area (Å²) in [5.74, 6) is 0.625. The maximum atomic E-state index is 12.9. The van der Waals surface area contributed by atoms with Crippen LogP contribution >= 0.6 is 0 Å². The number of aliphatic hydroxyl groups is 1. The number of ether oxygens (including phenoxy) is 1. The van der Waals surface area contributed by atoms with Crippen LogP contribution in [0.25, 0.3) is 0 Å². The Hall–Kier alpha value is -1.65. The van der Waals surface area contributed by atoms with Gasteiger partial charge in [0.2, 0.25) is 0 Å². The van der Waals surface area contributed by atoms with Gasteiger partial charge in [-0.15, -0.1) is 0 Å². The van der Waals surface area contributed by atoms with Crippen LogP contribution in [0.2, 0.25) is 0 Å². The predicted molar refractivity (Wildman–Crippen MR) is 88.7 cm³/mol. The van der Waals surface area contributed by atoms with Crippen LogP contribution in [0.15, 0.2) is 58.3 Å². The van der Waals surface area contributed by atoms with Gasteiger partial charge in [0.1, 0.15) is 5.75 Å². The molecular weight excluding hydrogens is 296 g/mol. The first-order valence-corrected chi connectivity index (χ1v) is 8.68. The second-order valence-electron chi connectivity index (χ2n) is 5.16. The largest absolute Gasteiger partial charge is 0.489 e.